The van der Waals surface area contributed by atoms with Crippen LogP contribution in [0, 0.1) is 0 Å². The van der Waals surface area contributed by atoms with Gasteiger partial charge in [0, 0.05) is 25.8 Å². The topological polar surface area (TPSA) is 90.5 Å². The lowest BCUT2D eigenvalue weighted by atomic mass is 10.2. The summed E-state index contributed by atoms with van der Waals surface area (Å²) < 4.78 is 37.6. The Labute approximate surface area is 154 Å². The maximum absolute atomic E-state index is 12.6. The van der Waals surface area contributed by atoms with E-state index in [2.05, 4.69) is 15.0 Å². The lowest BCUT2D eigenvalue weighted by Crippen LogP contribution is -2.25. The molecule has 0 amide bonds. The number of rotatable bonds is 9. The molecule has 3 rings (SSSR count). The molecule has 0 aromatic carbocycles. The van der Waals surface area contributed by atoms with Crippen molar-refractivity contribution in [3.05, 3.63) is 29.9 Å². The molecule has 0 bridgehead atoms. The van der Waals surface area contributed by atoms with E-state index in [1.165, 1.54) is 0 Å². The van der Waals surface area contributed by atoms with Gasteiger partial charge in [0.2, 0.25) is 15.0 Å². The number of hydrogen-bond acceptors (Lipinski definition) is 7. The molecule has 144 valence electrons. The molecule has 1 atom stereocenters. The summed E-state index contributed by atoms with van der Waals surface area (Å²) in [5.41, 5.74) is 1.69. The maximum atomic E-state index is 12.6. The minimum atomic E-state index is -3.40. The molecule has 1 aliphatic heterocycles. The van der Waals surface area contributed by atoms with Crippen LogP contribution >= 0.6 is 0 Å². The summed E-state index contributed by atoms with van der Waals surface area (Å²) in [4.78, 5) is 6.31. The Morgan fingerprint density at radius 1 is 1.38 bits per heavy atom. The van der Waals surface area contributed by atoms with Crippen molar-refractivity contribution in [2.75, 3.05) is 19.4 Å². The smallest absolute Gasteiger partial charge is 0.227 e. The van der Waals surface area contributed by atoms with E-state index in [1.807, 2.05) is 24.6 Å². The van der Waals surface area contributed by atoms with Crippen molar-refractivity contribution in [1.29, 1.82) is 0 Å². The minimum Gasteiger partial charge on any atom is -0.376 e. The monoisotopic (exact) mass is 382 g/mol. The number of sulfone groups is 1. The van der Waals surface area contributed by atoms with Gasteiger partial charge in [0.1, 0.15) is 6.26 Å². The highest BCUT2D eigenvalue weighted by Gasteiger charge is 2.26. The average Bonchev–Trinajstić information content (AvgIpc) is 3.31. The number of nitrogens with zero attached hydrogens (tertiary/aromatic N) is 4. The lowest BCUT2D eigenvalue weighted by Gasteiger charge is -2.19. The second kappa shape index (κ2) is 8.32. The highest BCUT2D eigenvalue weighted by Crippen LogP contribution is 2.21. The largest absolute Gasteiger partial charge is 0.376 e. The lowest BCUT2D eigenvalue weighted by molar-refractivity contribution is 0.0934. The fourth-order valence-electron chi connectivity index (χ4n) is 3.24. The van der Waals surface area contributed by atoms with Gasteiger partial charge in [0.15, 0.2) is 0 Å². The van der Waals surface area contributed by atoms with Gasteiger partial charge in [-0.2, -0.15) is 0 Å². The van der Waals surface area contributed by atoms with Gasteiger partial charge in [0.05, 0.1) is 36.0 Å². The van der Waals surface area contributed by atoms with Crippen LogP contribution in [0.5, 0.6) is 0 Å². The zero-order valence-electron chi connectivity index (χ0n) is 15.3. The molecular formula is C17H26N4O4S. The summed E-state index contributed by atoms with van der Waals surface area (Å²) in [6.07, 6.45) is 5.77. The van der Waals surface area contributed by atoms with E-state index < -0.39 is 9.84 Å². The van der Waals surface area contributed by atoms with Crippen molar-refractivity contribution in [2.45, 2.75) is 57.1 Å². The molecule has 0 N–H and O–H groups in total. The zero-order chi connectivity index (χ0) is 18.6. The first kappa shape index (κ1) is 19.1. The molecule has 2 aromatic heterocycles. The van der Waals surface area contributed by atoms with Gasteiger partial charge >= 0.3 is 0 Å². The van der Waals surface area contributed by atoms with Crippen molar-refractivity contribution in [2.24, 2.45) is 0 Å². The summed E-state index contributed by atoms with van der Waals surface area (Å²) in [6, 6.07) is 1.82. The summed E-state index contributed by atoms with van der Waals surface area (Å²) in [5, 5.41) is 4.07. The third-order valence-electron chi connectivity index (χ3n) is 4.42. The summed E-state index contributed by atoms with van der Waals surface area (Å²) in [7, 11) is -1.44. The predicted molar refractivity (Wildman–Crippen MR) is 95.2 cm³/mol. The number of hydrogen-bond donors (Lipinski definition) is 0. The van der Waals surface area contributed by atoms with Crippen LogP contribution < -0.4 is 0 Å². The predicted octanol–water partition coefficient (Wildman–Crippen LogP) is 1.87. The molecule has 9 heteroatoms. The number of ether oxygens (including phenoxy) is 1. The number of imidazole rings is 1. The van der Waals surface area contributed by atoms with Crippen molar-refractivity contribution in [1.82, 2.24) is 19.6 Å². The summed E-state index contributed by atoms with van der Waals surface area (Å²) in [5.74, 6) is 0.101. The molecule has 3 heterocycles. The van der Waals surface area contributed by atoms with Crippen LogP contribution in [0.3, 0.4) is 0 Å². The third-order valence-corrected chi connectivity index (χ3v) is 6.25. The molecule has 1 fully saturated rings. The summed E-state index contributed by atoms with van der Waals surface area (Å²) >= 11 is 0. The van der Waals surface area contributed by atoms with E-state index in [0.717, 1.165) is 30.8 Å². The van der Waals surface area contributed by atoms with Gasteiger partial charge in [-0.3, -0.25) is 4.90 Å². The zero-order valence-corrected chi connectivity index (χ0v) is 16.1. The van der Waals surface area contributed by atoms with E-state index in [4.69, 9.17) is 9.26 Å². The molecule has 1 aliphatic rings. The van der Waals surface area contributed by atoms with Gasteiger partial charge in [0.25, 0.3) is 0 Å². The Kier molecular flexibility index (Phi) is 6.10. The fourth-order valence-corrected chi connectivity index (χ4v) is 4.70. The first-order chi connectivity index (χ1) is 12.5. The second-order valence-corrected chi connectivity index (χ2v) is 8.76. The van der Waals surface area contributed by atoms with E-state index >= 15 is 0 Å². The Morgan fingerprint density at radius 3 is 2.88 bits per heavy atom. The first-order valence-electron chi connectivity index (χ1n) is 8.96. The molecule has 0 unspecified atom stereocenters. The molecule has 1 saturated heterocycles. The van der Waals surface area contributed by atoms with Gasteiger partial charge in [-0.25, -0.2) is 13.4 Å². The summed E-state index contributed by atoms with van der Waals surface area (Å²) in [6.45, 7) is 4.29. The Balaban J connectivity index is 1.82. The molecule has 0 aliphatic carbocycles. The highest BCUT2D eigenvalue weighted by atomic mass is 32.2. The minimum absolute atomic E-state index is 0.0411. The van der Waals surface area contributed by atoms with Crippen LogP contribution in [-0.2, 0) is 34.2 Å². The number of aromatic nitrogens is 3. The average molecular weight is 382 g/mol. The van der Waals surface area contributed by atoms with Crippen molar-refractivity contribution < 1.29 is 17.7 Å². The second-order valence-electron chi connectivity index (χ2n) is 6.76. The van der Waals surface area contributed by atoms with Crippen molar-refractivity contribution in [3.8, 4) is 0 Å². The maximum Gasteiger partial charge on any atom is 0.227 e. The Hall–Kier alpha value is -1.71. The van der Waals surface area contributed by atoms with E-state index in [1.54, 1.807) is 12.5 Å². The molecule has 0 spiro atoms. The highest BCUT2D eigenvalue weighted by molar-refractivity contribution is 7.91. The van der Waals surface area contributed by atoms with Crippen LogP contribution in [-0.4, -0.2) is 53.5 Å². The molecule has 2 aromatic rings. The van der Waals surface area contributed by atoms with Crippen LogP contribution in [0.2, 0.25) is 0 Å². The SMILES string of the molecule is CCCS(=O)(=O)c1ncc(CN(C)Cc2ccon2)n1C[C@@H]1CCCO1. The molecule has 0 radical (unpaired) electrons. The van der Waals surface area contributed by atoms with E-state index in [9.17, 15) is 8.42 Å². The van der Waals surface area contributed by atoms with Gasteiger partial charge in [-0.1, -0.05) is 12.1 Å². The van der Waals surface area contributed by atoms with Crippen LogP contribution in [0.25, 0.3) is 0 Å². The van der Waals surface area contributed by atoms with Crippen LogP contribution in [0.1, 0.15) is 37.6 Å². The van der Waals surface area contributed by atoms with Gasteiger partial charge in [-0.15, -0.1) is 0 Å². The Morgan fingerprint density at radius 2 is 2.23 bits per heavy atom. The third kappa shape index (κ3) is 4.52. The molecular weight excluding hydrogens is 356 g/mol. The first-order valence-corrected chi connectivity index (χ1v) is 10.6. The fraction of sp³-hybridized carbons (Fsp3) is 0.647. The quantitative estimate of drug-likeness (QED) is 0.654. The standard InChI is InChI=1S/C17H26N4O4S/c1-3-9-26(22,23)17-18-10-15(21(17)13-16-5-4-7-24-16)12-20(2)11-14-6-8-25-19-14/h6,8,10,16H,3-5,7,9,11-13H2,1-2H3/t16-/m0/s1. The van der Waals surface area contributed by atoms with Crippen LogP contribution in [0.15, 0.2) is 28.2 Å². The molecule has 26 heavy (non-hydrogen) atoms. The van der Waals surface area contributed by atoms with Crippen LogP contribution in [0.4, 0.5) is 0 Å². The van der Waals surface area contributed by atoms with Gasteiger partial charge in [-0.05, 0) is 26.3 Å². The Bertz CT molecular complexity index is 795. The van der Waals surface area contributed by atoms with Crippen molar-refractivity contribution in [3.63, 3.8) is 0 Å². The molecule has 8 nitrogen and oxygen atoms in total. The van der Waals surface area contributed by atoms with Gasteiger partial charge < -0.3 is 13.8 Å². The van der Waals surface area contributed by atoms with E-state index in [0.29, 0.717) is 26.1 Å². The van der Waals surface area contributed by atoms with E-state index in [-0.39, 0.29) is 17.0 Å². The normalized spacial score (nSPS) is 18.0. The van der Waals surface area contributed by atoms with Crippen molar-refractivity contribution >= 4 is 9.84 Å². The molecule has 0 saturated carbocycles.